The molecule has 1 amide bonds. The van der Waals surface area contributed by atoms with Crippen LogP contribution in [0.15, 0.2) is 88.7 Å². The molecule has 0 radical (unpaired) electrons. The van der Waals surface area contributed by atoms with E-state index in [4.69, 9.17) is 28.0 Å². The third-order valence-corrected chi connectivity index (χ3v) is 7.14. The third-order valence-electron chi connectivity index (χ3n) is 4.29. The first-order chi connectivity index (χ1) is 14.8. The Morgan fingerprint density at radius 3 is 2.26 bits per heavy atom. The molecule has 0 aromatic heterocycles. The van der Waals surface area contributed by atoms with Gasteiger partial charge in [-0.25, -0.2) is 0 Å². The fraction of sp³-hybridized carbons (Fsp3) is 0. The molecule has 0 bridgehead atoms. The van der Waals surface area contributed by atoms with Crippen LogP contribution < -0.4 is 9.08 Å². The minimum Gasteiger partial charge on any atom is -0.377 e. The number of amides is 1. The van der Waals surface area contributed by atoms with Gasteiger partial charge < -0.3 is 4.18 Å². The van der Waals surface area contributed by atoms with E-state index in [9.17, 15) is 13.2 Å². The number of thioether (sulfide) groups is 1. The first-order valence-corrected chi connectivity index (χ1v) is 12.0. The van der Waals surface area contributed by atoms with Crippen molar-refractivity contribution >= 4 is 67.7 Å². The number of carbonyl (C=O) groups excluding carboxylic acids is 1. The lowest BCUT2D eigenvalue weighted by atomic mass is 10.2. The molecule has 0 aliphatic carbocycles. The third kappa shape index (κ3) is 4.67. The Labute approximate surface area is 194 Å². The second-order valence-corrected chi connectivity index (χ2v) is 10.0. The normalized spacial score (nSPS) is 15.5. The van der Waals surface area contributed by atoms with Crippen molar-refractivity contribution in [1.29, 1.82) is 0 Å². The van der Waals surface area contributed by atoms with E-state index >= 15 is 0 Å². The maximum absolute atomic E-state index is 12.8. The number of hydrogen-bond acceptors (Lipinski definition) is 6. The maximum atomic E-state index is 12.8. The zero-order valence-corrected chi connectivity index (χ0v) is 19.0. The average molecular weight is 488 g/mol. The minimum atomic E-state index is -4.01. The van der Waals surface area contributed by atoms with Crippen molar-refractivity contribution in [3.8, 4) is 5.75 Å². The molecule has 0 atom stereocenters. The Balaban J connectivity index is 1.57. The highest BCUT2D eigenvalue weighted by Gasteiger charge is 2.33. The molecule has 31 heavy (non-hydrogen) atoms. The van der Waals surface area contributed by atoms with Crippen LogP contribution in [0.3, 0.4) is 0 Å². The van der Waals surface area contributed by atoms with Crippen LogP contribution in [0.4, 0.5) is 5.69 Å². The van der Waals surface area contributed by atoms with Crippen molar-refractivity contribution in [3.05, 3.63) is 94.4 Å². The van der Waals surface area contributed by atoms with Crippen molar-refractivity contribution in [1.82, 2.24) is 0 Å². The van der Waals surface area contributed by atoms with Gasteiger partial charge in [0.1, 0.15) is 4.90 Å². The van der Waals surface area contributed by atoms with E-state index in [1.807, 2.05) is 30.3 Å². The second-order valence-electron chi connectivity index (χ2n) is 6.39. The molecule has 9 heteroatoms. The summed E-state index contributed by atoms with van der Waals surface area (Å²) in [5.41, 5.74) is 1.31. The Morgan fingerprint density at radius 2 is 1.61 bits per heavy atom. The van der Waals surface area contributed by atoms with Crippen molar-refractivity contribution in [2.45, 2.75) is 4.90 Å². The number of halogens is 1. The largest absolute Gasteiger partial charge is 0.377 e. The smallest absolute Gasteiger partial charge is 0.339 e. The van der Waals surface area contributed by atoms with Crippen LogP contribution in [0.5, 0.6) is 5.75 Å². The fourth-order valence-electron chi connectivity index (χ4n) is 2.85. The number of benzene rings is 3. The topological polar surface area (TPSA) is 63.7 Å². The molecule has 3 aromatic carbocycles. The molecule has 4 rings (SSSR count). The number of rotatable bonds is 5. The molecule has 1 saturated heterocycles. The summed E-state index contributed by atoms with van der Waals surface area (Å²) in [5.74, 6) is -0.233. The van der Waals surface area contributed by atoms with Gasteiger partial charge in [0.15, 0.2) is 10.1 Å². The summed E-state index contributed by atoms with van der Waals surface area (Å²) >= 11 is 12.8. The zero-order valence-electron chi connectivity index (χ0n) is 15.8. The standard InChI is InChI=1S/C22H14ClNO4S3/c23-18-13-15(11-12-19(18)28-31(26,27)17-9-5-2-6-10-17)14-20-21(25)24(22(29)30-20)16-7-3-1-4-8-16/h1-14H. The number of hydrogen-bond donors (Lipinski definition) is 0. The highest BCUT2D eigenvalue weighted by Crippen LogP contribution is 2.37. The molecular weight excluding hydrogens is 474 g/mol. The van der Waals surface area contributed by atoms with E-state index in [0.29, 0.717) is 20.5 Å². The lowest BCUT2D eigenvalue weighted by Crippen LogP contribution is -2.27. The fourth-order valence-corrected chi connectivity index (χ4v) is 5.39. The van der Waals surface area contributed by atoms with Crippen LogP contribution in [0.2, 0.25) is 5.02 Å². The number of nitrogens with zero attached hydrogens (tertiary/aromatic N) is 1. The van der Waals surface area contributed by atoms with Gasteiger partial charge in [-0.05, 0) is 48.0 Å². The molecule has 3 aromatic rings. The minimum absolute atomic E-state index is 0.000459. The van der Waals surface area contributed by atoms with Crippen LogP contribution in [0.1, 0.15) is 5.56 Å². The zero-order chi connectivity index (χ0) is 22.0. The number of anilines is 1. The van der Waals surface area contributed by atoms with Crippen LogP contribution >= 0.6 is 35.6 Å². The first-order valence-electron chi connectivity index (χ1n) is 8.97. The van der Waals surface area contributed by atoms with Gasteiger partial charge in [0.25, 0.3) is 5.91 Å². The predicted molar refractivity (Wildman–Crippen MR) is 128 cm³/mol. The summed E-state index contributed by atoms with van der Waals surface area (Å²) in [6, 6.07) is 21.5. The van der Waals surface area contributed by atoms with Crippen molar-refractivity contribution in [3.63, 3.8) is 0 Å². The summed E-state index contributed by atoms with van der Waals surface area (Å²) in [6.07, 6.45) is 1.66. The van der Waals surface area contributed by atoms with Crippen molar-refractivity contribution in [2.75, 3.05) is 4.90 Å². The number of para-hydroxylation sites is 1. The van der Waals surface area contributed by atoms with E-state index in [1.165, 1.54) is 40.9 Å². The van der Waals surface area contributed by atoms with Gasteiger partial charge in [-0.3, -0.25) is 9.69 Å². The first kappa shape index (κ1) is 21.6. The monoisotopic (exact) mass is 487 g/mol. The molecular formula is C22H14ClNO4S3. The highest BCUT2D eigenvalue weighted by molar-refractivity contribution is 8.27. The van der Waals surface area contributed by atoms with E-state index in [2.05, 4.69) is 0 Å². The molecule has 0 unspecified atom stereocenters. The predicted octanol–water partition coefficient (Wildman–Crippen LogP) is 5.51. The molecule has 0 saturated carbocycles. The maximum Gasteiger partial charge on any atom is 0.339 e. The molecule has 1 heterocycles. The van der Waals surface area contributed by atoms with Gasteiger partial charge in [0.05, 0.1) is 15.6 Å². The summed E-state index contributed by atoms with van der Waals surface area (Å²) in [5, 5.41) is 0.104. The summed E-state index contributed by atoms with van der Waals surface area (Å²) in [6.45, 7) is 0. The Bertz CT molecular complexity index is 1290. The van der Waals surface area contributed by atoms with E-state index in [1.54, 1.807) is 30.3 Å². The van der Waals surface area contributed by atoms with Crippen LogP contribution in [0, 0.1) is 0 Å². The van der Waals surface area contributed by atoms with Crippen molar-refractivity contribution in [2.24, 2.45) is 0 Å². The van der Waals surface area contributed by atoms with Crippen LogP contribution in [0.25, 0.3) is 6.08 Å². The van der Waals surface area contributed by atoms with Gasteiger partial charge in [-0.1, -0.05) is 78.0 Å². The van der Waals surface area contributed by atoms with Crippen molar-refractivity contribution < 1.29 is 17.4 Å². The van der Waals surface area contributed by atoms with Gasteiger partial charge in [-0.2, -0.15) is 8.42 Å². The molecule has 0 spiro atoms. The summed E-state index contributed by atoms with van der Waals surface area (Å²) in [7, 11) is -4.01. The average Bonchev–Trinajstić information content (AvgIpc) is 3.04. The summed E-state index contributed by atoms with van der Waals surface area (Å²) < 4.78 is 30.4. The van der Waals surface area contributed by atoms with Gasteiger partial charge in [0.2, 0.25) is 0 Å². The molecule has 156 valence electrons. The van der Waals surface area contributed by atoms with Crippen LogP contribution in [-0.4, -0.2) is 18.6 Å². The number of carbonyl (C=O) groups is 1. The van der Waals surface area contributed by atoms with E-state index in [0.717, 1.165) is 0 Å². The van der Waals surface area contributed by atoms with Gasteiger partial charge in [-0.15, -0.1) is 0 Å². The quantitative estimate of drug-likeness (QED) is 0.268. The number of thiocarbonyl (C=S) groups is 1. The molecule has 1 fully saturated rings. The molecule has 5 nitrogen and oxygen atoms in total. The highest BCUT2D eigenvalue weighted by atomic mass is 35.5. The van der Waals surface area contributed by atoms with Crippen LogP contribution in [-0.2, 0) is 14.9 Å². The van der Waals surface area contributed by atoms with Gasteiger partial charge >= 0.3 is 10.1 Å². The molecule has 1 aliphatic heterocycles. The van der Waals surface area contributed by atoms with E-state index in [-0.39, 0.29) is 21.6 Å². The Morgan fingerprint density at radius 1 is 0.968 bits per heavy atom. The Kier molecular flexibility index (Phi) is 6.15. The molecule has 0 N–H and O–H groups in total. The SMILES string of the molecule is O=C1C(=Cc2ccc(OS(=O)(=O)c3ccccc3)c(Cl)c2)SC(=S)N1c1ccccc1. The van der Waals surface area contributed by atoms with E-state index < -0.39 is 10.1 Å². The summed E-state index contributed by atoms with van der Waals surface area (Å²) in [4.78, 5) is 14.8. The lowest BCUT2D eigenvalue weighted by Gasteiger charge is -2.13. The Hall–Kier alpha value is -2.65. The lowest BCUT2D eigenvalue weighted by molar-refractivity contribution is -0.113. The second kappa shape index (κ2) is 8.84. The molecule has 1 aliphatic rings. The van der Waals surface area contributed by atoms with Gasteiger partial charge in [0, 0.05) is 0 Å².